The zero-order valence-electron chi connectivity index (χ0n) is 17.4. The van der Waals surface area contributed by atoms with Crippen molar-refractivity contribution in [3.8, 4) is 0 Å². The summed E-state index contributed by atoms with van der Waals surface area (Å²) in [7, 11) is -3.68. The summed E-state index contributed by atoms with van der Waals surface area (Å²) >= 11 is 0. The Kier molecular flexibility index (Phi) is 6.63. The molecular formula is C24H24N4O3S. The van der Waals surface area contributed by atoms with E-state index in [0.717, 1.165) is 21.9 Å². The van der Waals surface area contributed by atoms with E-state index in [0.29, 0.717) is 13.1 Å². The van der Waals surface area contributed by atoms with Crippen molar-refractivity contribution in [2.24, 2.45) is 0 Å². The first-order valence-electron chi connectivity index (χ1n) is 10.3. The second kappa shape index (κ2) is 9.76. The van der Waals surface area contributed by atoms with E-state index >= 15 is 0 Å². The number of sulfonamides is 1. The lowest BCUT2D eigenvalue weighted by Gasteiger charge is -2.09. The fraction of sp³-hybridized carbons (Fsp3) is 0.167. The Balaban J connectivity index is 1.26. The normalized spacial score (nSPS) is 11.5. The smallest absolute Gasteiger partial charge is 0.240 e. The predicted octanol–water partition coefficient (Wildman–Crippen LogP) is 3.07. The zero-order valence-corrected chi connectivity index (χ0v) is 18.3. The van der Waals surface area contributed by atoms with Gasteiger partial charge in [-0.25, -0.2) is 18.1 Å². The van der Waals surface area contributed by atoms with Crippen molar-refractivity contribution in [2.45, 2.75) is 24.4 Å². The lowest BCUT2D eigenvalue weighted by atomic mass is 10.1. The summed E-state index contributed by atoms with van der Waals surface area (Å²) in [4.78, 5) is 16.4. The summed E-state index contributed by atoms with van der Waals surface area (Å²) in [6.07, 6.45) is 5.45. The third-order valence-corrected chi connectivity index (χ3v) is 6.54. The Morgan fingerprint density at radius 2 is 1.75 bits per heavy atom. The molecule has 3 aromatic carbocycles. The van der Waals surface area contributed by atoms with Crippen molar-refractivity contribution in [1.82, 2.24) is 19.6 Å². The average Bonchev–Trinajstić information content (AvgIpc) is 3.30. The lowest BCUT2D eigenvalue weighted by Crippen LogP contribution is -2.30. The highest BCUT2D eigenvalue weighted by molar-refractivity contribution is 7.89. The molecule has 0 aliphatic carbocycles. The second-order valence-corrected chi connectivity index (χ2v) is 9.26. The molecule has 164 valence electrons. The zero-order chi connectivity index (χ0) is 22.4. The van der Waals surface area contributed by atoms with Gasteiger partial charge in [0, 0.05) is 38.4 Å². The largest absolute Gasteiger partial charge is 0.352 e. The van der Waals surface area contributed by atoms with E-state index < -0.39 is 10.0 Å². The quantitative estimate of drug-likeness (QED) is 0.412. The van der Waals surface area contributed by atoms with Gasteiger partial charge >= 0.3 is 0 Å². The van der Waals surface area contributed by atoms with Gasteiger partial charge in [0.2, 0.25) is 15.9 Å². The Morgan fingerprint density at radius 1 is 0.938 bits per heavy atom. The van der Waals surface area contributed by atoms with Crippen LogP contribution in [0.25, 0.3) is 10.8 Å². The fourth-order valence-corrected chi connectivity index (χ4v) is 4.50. The van der Waals surface area contributed by atoms with E-state index in [9.17, 15) is 13.2 Å². The first-order chi connectivity index (χ1) is 15.5. The summed E-state index contributed by atoms with van der Waals surface area (Å²) in [6.45, 7) is 1.12. The summed E-state index contributed by atoms with van der Waals surface area (Å²) < 4.78 is 29.6. The van der Waals surface area contributed by atoms with E-state index in [1.165, 1.54) is 0 Å². The molecule has 1 aromatic heterocycles. The summed E-state index contributed by atoms with van der Waals surface area (Å²) in [5.41, 5.74) is 2.09. The Morgan fingerprint density at radius 3 is 2.56 bits per heavy atom. The van der Waals surface area contributed by atoms with Crippen molar-refractivity contribution in [3.05, 3.63) is 96.6 Å². The van der Waals surface area contributed by atoms with Gasteiger partial charge in [0.05, 0.1) is 11.2 Å². The van der Waals surface area contributed by atoms with Gasteiger partial charge in [0.15, 0.2) is 0 Å². The minimum atomic E-state index is -3.68. The van der Waals surface area contributed by atoms with E-state index in [4.69, 9.17) is 0 Å². The molecule has 1 heterocycles. The molecule has 1 amide bonds. The molecule has 7 nitrogen and oxygen atoms in total. The monoisotopic (exact) mass is 448 g/mol. The fourth-order valence-electron chi connectivity index (χ4n) is 3.43. The molecule has 0 fully saturated rings. The molecule has 0 saturated carbocycles. The number of fused-ring (bicyclic) bond motifs is 1. The van der Waals surface area contributed by atoms with E-state index in [1.807, 2.05) is 59.3 Å². The lowest BCUT2D eigenvalue weighted by molar-refractivity contribution is -0.121. The van der Waals surface area contributed by atoms with Crippen LogP contribution in [0, 0.1) is 0 Å². The van der Waals surface area contributed by atoms with Gasteiger partial charge in [-0.15, -0.1) is 0 Å². The third-order valence-electron chi connectivity index (χ3n) is 5.08. The number of hydrogen-bond donors (Lipinski definition) is 2. The molecule has 32 heavy (non-hydrogen) atoms. The molecule has 0 spiro atoms. The van der Waals surface area contributed by atoms with Gasteiger partial charge in [-0.2, -0.15) is 0 Å². The molecule has 0 aliphatic heterocycles. The Bertz CT molecular complexity index is 1320. The average molecular weight is 449 g/mol. The van der Waals surface area contributed by atoms with Gasteiger partial charge in [0.1, 0.15) is 0 Å². The van der Waals surface area contributed by atoms with E-state index in [-0.39, 0.29) is 23.8 Å². The van der Waals surface area contributed by atoms with Crippen LogP contribution in [0.5, 0.6) is 0 Å². The topological polar surface area (TPSA) is 93.1 Å². The number of benzene rings is 3. The van der Waals surface area contributed by atoms with Crippen LogP contribution in [-0.2, 0) is 27.9 Å². The molecule has 0 unspecified atom stereocenters. The number of rotatable bonds is 9. The molecule has 0 radical (unpaired) electrons. The second-order valence-electron chi connectivity index (χ2n) is 7.49. The van der Waals surface area contributed by atoms with Crippen LogP contribution in [0.4, 0.5) is 0 Å². The Labute approximate surface area is 187 Å². The number of carbonyl (C=O) groups is 1. The number of hydrogen-bond acceptors (Lipinski definition) is 4. The maximum atomic E-state index is 12.6. The number of aromatic nitrogens is 2. The first-order valence-corrected chi connectivity index (χ1v) is 11.8. The number of amides is 1. The van der Waals surface area contributed by atoms with Crippen molar-refractivity contribution < 1.29 is 13.2 Å². The van der Waals surface area contributed by atoms with Gasteiger partial charge in [0.25, 0.3) is 0 Å². The molecule has 0 saturated heterocycles. The van der Waals surface area contributed by atoms with Gasteiger partial charge in [-0.05, 0) is 34.0 Å². The van der Waals surface area contributed by atoms with Crippen molar-refractivity contribution >= 4 is 26.7 Å². The molecule has 4 aromatic rings. The highest BCUT2D eigenvalue weighted by Gasteiger charge is 2.14. The summed E-state index contributed by atoms with van der Waals surface area (Å²) in [6, 6.07) is 20.5. The standard InChI is InChI=1S/C24H24N4O3S/c29-24(26-16-19-4-3-5-20(14-19)17-28-13-12-25-18-28)10-11-27-32(30,31)23-9-8-21-6-1-2-7-22(21)15-23/h1-9,12-15,18,27H,10-11,16-17H2,(H,26,29). The minimum absolute atomic E-state index is 0.0294. The third kappa shape index (κ3) is 5.60. The Hall–Kier alpha value is -3.49. The van der Waals surface area contributed by atoms with Crippen LogP contribution in [-0.4, -0.2) is 30.4 Å². The summed E-state index contributed by atoms with van der Waals surface area (Å²) in [5, 5.41) is 4.66. The molecule has 2 N–H and O–H groups in total. The highest BCUT2D eigenvalue weighted by Crippen LogP contribution is 2.18. The highest BCUT2D eigenvalue weighted by atomic mass is 32.2. The van der Waals surface area contributed by atoms with Gasteiger partial charge < -0.3 is 9.88 Å². The first kappa shape index (κ1) is 21.7. The van der Waals surface area contributed by atoms with Crippen LogP contribution in [0.15, 0.2) is 90.3 Å². The van der Waals surface area contributed by atoms with Crippen LogP contribution in [0.1, 0.15) is 17.5 Å². The van der Waals surface area contributed by atoms with Crippen LogP contribution >= 0.6 is 0 Å². The minimum Gasteiger partial charge on any atom is -0.352 e. The van der Waals surface area contributed by atoms with E-state index in [2.05, 4.69) is 15.0 Å². The SMILES string of the molecule is O=C(CCNS(=O)(=O)c1ccc2ccccc2c1)NCc1cccc(Cn2ccnc2)c1. The van der Waals surface area contributed by atoms with Crippen LogP contribution in [0.3, 0.4) is 0 Å². The summed E-state index contributed by atoms with van der Waals surface area (Å²) in [5.74, 6) is -0.216. The van der Waals surface area contributed by atoms with E-state index in [1.54, 1.807) is 30.7 Å². The van der Waals surface area contributed by atoms with Gasteiger partial charge in [-0.1, -0.05) is 54.6 Å². The molecule has 8 heteroatoms. The van der Waals surface area contributed by atoms with Crippen molar-refractivity contribution in [1.29, 1.82) is 0 Å². The maximum absolute atomic E-state index is 12.6. The molecule has 0 aliphatic rings. The molecular weight excluding hydrogens is 424 g/mol. The maximum Gasteiger partial charge on any atom is 0.240 e. The molecule has 0 atom stereocenters. The molecule has 4 rings (SSSR count). The van der Waals surface area contributed by atoms with Crippen molar-refractivity contribution in [2.75, 3.05) is 6.54 Å². The number of imidazole rings is 1. The van der Waals surface area contributed by atoms with Crippen molar-refractivity contribution in [3.63, 3.8) is 0 Å². The number of carbonyl (C=O) groups excluding carboxylic acids is 1. The predicted molar refractivity (Wildman–Crippen MR) is 123 cm³/mol. The molecule has 0 bridgehead atoms. The van der Waals surface area contributed by atoms with Crippen LogP contribution < -0.4 is 10.0 Å². The number of nitrogens with one attached hydrogen (secondary N) is 2. The van der Waals surface area contributed by atoms with Crippen LogP contribution in [0.2, 0.25) is 0 Å². The number of nitrogens with zero attached hydrogens (tertiary/aromatic N) is 2. The van der Waals surface area contributed by atoms with Gasteiger partial charge in [-0.3, -0.25) is 4.79 Å².